The summed E-state index contributed by atoms with van der Waals surface area (Å²) in [6, 6.07) is 12.9. The molecule has 3 rings (SSSR count). The Morgan fingerprint density at radius 2 is 1.95 bits per heavy atom. The minimum atomic E-state index is -1.07. The van der Waals surface area contributed by atoms with E-state index in [9.17, 15) is 10.4 Å². The Bertz CT molecular complexity index is 639. The first-order chi connectivity index (χ1) is 9.56. The van der Waals surface area contributed by atoms with Gasteiger partial charge in [0, 0.05) is 12.5 Å². The van der Waals surface area contributed by atoms with Crippen molar-refractivity contribution in [2.24, 2.45) is 0 Å². The number of hydrogen-bond acceptors (Lipinski definition) is 4. The van der Waals surface area contributed by atoms with E-state index in [0.29, 0.717) is 5.71 Å². The molecular weight excluding hydrogens is 272 g/mol. The smallest absolute Gasteiger partial charge is 0.283 e. The molecule has 5 heteroatoms. The van der Waals surface area contributed by atoms with Gasteiger partial charge >= 0.3 is 0 Å². The van der Waals surface area contributed by atoms with Crippen LogP contribution in [-0.4, -0.2) is 26.8 Å². The van der Waals surface area contributed by atoms with Crippen molar-refractivity contribution in [3.63, 3.8) is 0 Å². The van der Waals surface area contributed by atoms with Gasteiger partial charge in [-0.15, -0.1) is 16.4 Å². The maximum Gasteiger partial charge on any atom is 0.283 e. The van der Waals surface area contributed by atoms with Crippen LogP contribution in [-0.2, 0) is 5.66 Å². The van der Waals surface area contributed by atoms with Gasteiger partial charge < -0.3 is 10.4 Å². The van der Waals surface area contributed by atoms with Crippen LogP contribution >= 0.6 is 11.3 Å². The molecule has 1 aliphatic rings. The molecule has 104 valence electrons. The summed E-state index contributed by atoms with van der Waals surface area (Å²) >= 11 is 1.47. The van der Waals surface area contributed by atoms with E-state index in [1.807, 2.05) is 54.8 Å². The van der Waals surface area contributed by atoms with E-state index >= 15 is 0 Å². The number of rotatable bonds is 2. The van der Waals surface area contributed by atoms with Crippen LogP contribution in [0.5, 0.6) is 0 Å². The average molecular weight is 288 g/mol. The standard InChI is InChI=1S/C15H16N2O2S/c1-11-14(12-7-4-3-5-8-12)17(19)15(2,16(11)18)13-9-6-10-20-13/h3-11,18H,1-2H3/t11-,15-/m0/s1. The zero-order valence-electron chi connectivity index (χ0n) is 11.4. The van der Waals surface area contributed by atoms with Crippen molar-refractivity contribution in [1.82, 2.24) is 5.06 Å². The summed E-state index contributed by atoms with van der Waals surface area (Å²) in [5, 5.41) is 26.4. The molecule has 0 amide bonds. The molecule has 0 saturated carbocycles. The molecule has 1 aromatic carbocycles. The van der Waals surface area contributed by atoms with E-state index in [4.69, 9.17) is 0 Å². The van der Waals surface area contributed by atoms with E-state index in [1.165, 1.54) is 11.3 Å². The second-order valence-electron chi connectivity index (χ2n) is 5.06. The molecule has 2 aromatic rings. The lowest BCUT2D eigenvalue weighted by molar-refractivity contribution is -0.594. The molecule has 0 saturated heterocycles. The van der Waals surface area contributed by atoms with Crippen LogP contribution in [0.3, 0.4) is 0 Å². The summed E-state index contributed by atoms with van der Waals surface area (Å²) < 4.78 is 0.929. The average Bonchev–Trinajstić information content (AvgIpc) is 3.05. The van der Waals surface area contributed by atoms with Crippen molar-refractivity contribution >= 4 is 17.0 Å². The Labute approximate surface area is 121 Å². The predicted octanol–water partition coefficient (Wildman–Crippen LogP) is 3.01. The summed E-state index contributed by atoms with van der Waals surface area (Å²) in [6.45, 7) is 3.59. The Morgan fingerprint density at radius 3 is 2.55 bits per heavy atom. The zero-order valence-corrected chi connectivity index (χ0v) is 12.2. The first-order valence-electron chi connectivity index (χ1n) is 6.48. The molecule has 0 aliphatic carbocycles. The van der Waals surface area contributed by atoms with Gasteiger partial charge in [0.05, 0.1) is 4.88 Å². The van der Waals surface area contributed by atoms with Crippen LogP contribution in [0.25, 0.3) is 0 Å². The van der Waals surface area contributed by atoms with Crippen molar-refractivity contribution in [1.29, 1.82) is 0 Å². The molecule has 0 spiro atoms. The van der Waals surface area contributed by atoms with Crippen molar-refractivity contribution in [2.75, 3.05) is 0 Å². The maximum absolute atomic E-state index is 12.8. The molecule has 1 N–H and O–H groups in total. The lowest BCUT2D eigenvalue weighted by Gasteiger charge is -2.28. The van der Waals surface area contributed by atoms with E-state index in [-0.39, 0.29) is 6.04 Å². The number of hydroxylamine groups is 3. The van der Waals surface area contributed by atoms with Gasteiger partial charge in [0.15, 0.2) is 0 Å². The van der Waals surface area contributed by atoms with Crippen LogP contribution in [0.2, 0.25) is 0 Å². The van der Waals surface area contributed by atoms with Crippen LogP contribution in [0.15, 0.2) is 47.8 Å². The Morgan fingerprint density at radius 1 is 1.25 bits per heavy atom. The monoisotopic (exact) mass is 288 g/mol. The molecule has 0 unspecified atom stereocenters. The molecule has 4 nitrogen and oxygen atoms in total. The lowest BCUT2D eigenvalue weighted by Crippen LogP contribution is -2.45. The fraction of sp³-hybridized carbons (Fsp3) is 0.267. The first kappa shape index (κ1) is 13.3. The van der Waals surface area contributed by atoms with Crippen LogP contribution in [0, 0.1) is 5.21 Å². The van der Waals surface area contributed by atoms with Crippen molar-refractivity contribution in [3.8, 4) is 0 Å². The highest BCUT2D eigenvalue weighted by atomic mass is 32.1. The minimum Gasteiger partial charge on any atom is -0.622 e. The molecule has 2 atom stereocenters. The summed E-state index contributed by atoms with van der Waals surface area (Å²) in [7, 11) is 0. The highest BCUT2D eigenvalue weighted by Crippen LogP contribution is 2.38. The number of hydrogen-bond donors (Lipinski definition) is 1. The van der Waals surface area contributed by atoms with E-state index in [2.05, 4.69) is 0 Å². The number of nitrogens with zero attached hydrogens (tertiary/aromatic N) is 2. The van der Waals surface area contributed by atoms with Gasteiger partial charge in [-0.3, -0.25) is 0 Å². The second kappa shape index (κ2) is 4.70. The maximum atomic E-state index is 12.8. The molecule has 0 bridgehead atoms. The number of thiophene rings is 1. The van der Waals surface area contributed by atoms with Crippen LogP contribution in [0.4, 0.5) is 0 Å². The Hall–Kier alpha value is -1.69. The molecule has 0 radical (unpaired) electrons. The summed E-state index contributed by atoms with van der Waals surface area (Å²) in [6.07, 6.45) is 0. The van der Waals surface area contributed by atoms with Crippen molar-refractivity contribution in [2.45, 2.75) is 25.6 Å². The Balaban J connectivity index is 2.17. The molecule has 2 heterocycles. The largest absolute Gasteiger partial charge is 0.622 e. The van der Waals surface area contributed by atoms with Gasteiger partial charge in [-0.2, -0.15) is 4.74 Å². The molecule has 20 heavy (non-hydrogen) atoms. The Kier molecular flexibility index (Phi) is 3.12. The quantitative estimate of drug-likeness (QED) is 0.682. The topological polar surface area (TPSA) is 49.5 Å². The third-order valence-electron chi connectivity index (χ3n) is 3.88. The van der Waals surface area contributed by atoms with Gasteiger partial charge in [-0.05, 0) is 30.5 Å². The lowest BCUT2D eigenvalue weighted by atomic mass is 10.1. The number of benzene rings is 1. The normalized spacial score (nSPS) is 27.2. The molecule has 0 fully saturated rings. The second-order valence-corrected chi connectivity index (χ2v) is 6.01. The van der Waals surface area contributed by atoms with Gasteiger partial charge in [-0.25, -0.2) is 0 Å². The predicted molar refractivity (Wildman–Crippen MR) is 78.9 cm³/mol. The van der Waals surface area contributed by atoms with E-state index < -0.39 is 5.66 Å². The SMILES string of the molecule is C[C@H]1C(c2ccccc2)=[N+]([O-])[C@@](C)(c2cccs2)N1O. The fourth-order valence-corrected chi connectivity index (χ4v) is 3.58. The van der Waals surface area contributed by atoms with Gasteiger partial charge in [0.2, 0.25) is 5.71 Å². The van der Waals surface area contributed by atoms with Crippen LogP contribution in [0.1, 0.15) is 24.3 Å². The van der Waals surface area contributed by atoms with E-state index in [1.54, 1.807) is 6.92 Å². The minimum absolute atomic E-state index is 0.359. The summed E-state index contributed by atoms with van der Waals surface area (Å²) in [5.74, 6) is 0. The molecule has 1 aromatic heterocycles. The summed E-state index contributed by atoms with van der Waals surface area (Å²) in [4.78, 5) is 0.827. The zero-order chi connectivity index (χ0) is 14.3. The van der Waals surface area contributed by atoms with Gasteiger partial charge in [0.25, 0.3) is 5.66 Å². The highest BCUT2D eigenvalue weighted by Gasteiger charge is 2.54. The first-order valence-corrected chi connectivity index (χ1v) is 7.36. The van der Waals surface area contributed by atoms with Gasteiger partial charge in [-0.1, -0.05) is 24.3 Å². The van der Waals surface area contributed by atoms with Crippen molar-refractivity contribution in [3.05, 3.63) is 63.5 Å². The van der Waals surface area contributed by atoms with Crippen LogP contribution < -0.4 is 0 Å². The molecular formula is C15H16N2O2S. The van der Waals surface area contributed by atoms with E-state index in [0.717, 1.165) is 20.2 Å². The fourth-order valence-electron chi connectivity index (χ4n) is 2.72. The third kappa shape index (κ3) is 1.71. The molecule has 1 aliphatic heterocycles. The third-order valence-corrected chi connectivity index (χ3v) is 4.95. The van der Waals surface area contributed by atoms with Gasteiger partial charge in [0.1, 0.15) is 6.04 Å². The van der Waals surface area contributed by atoms with Crippen molar-refractivity contribution < 1.29 is 9.95 Å². The highest BCUT2D eigenvalue weighted by molar-refractivity contribution is 7.10. The summed E-state index contributed by atoms with van der Waals surface area (Å²) in [5.41, 5.74) is 0.358.